The van der Waals surface area contributed by atoms with Gasteiger partial charge in [-0.3, -0.25) is 9.59 Å². The van der Waals surface area contributed by atoms with E-state index in [1.54, 1.807) is 35.5 Å². The Bertz CT molecular complexity index is 1090. The van der Waals surface area contributed by atoms with E-state index >= 15 is 0 Å². The van der Waals surface area contributed by atoms with Gasteiger partial charge in [-0.25, -0.2) is 9.67 Å². The fourth-order valence-electron chi connectivity index (χ4n) is 4.12. The maximum atomic E-state index is 12.9. The predicted octanol–water partition coefficient (Wildman–Crippen LogP) is 3.09. The summed E-state index contributed by atoms with van der Waals surface area (Å²) in [6, 6.07) is 14.6. The number of hydrogen-bond acceptors (Lipinski definition) is 6. The van der Waals surface area contributed by atoms with Gasteiger partial charge in [0.15, 0.2) is 6.10 Å². The van der Waals surface area contributed by atoms with Crippen molar-refractivity contribution >= 4 is 17.6 Å². The van der Waals surface area contributed by atoms with Crippen molar-refractivity contribution in [3.63, 3.8) is 0 Å². The number of carbonyl (C=O) groups excluding carboxylic acids is 2. The second-order valence-electron chi connectivity index (χ2n) is 7.76. The van der Waals surface area contributed by atoms with Crippen molar-refractivity contribution < 1.29 is 19.1 Å². The number of hydrogen-bond donors (Lipinski definition) is 1. The van der Waals surface area contributed by atoms with E-state index in [4.69, 9.17) is 9.47 Å². The Hall–Kier alpha value is -3.72. The van der Waals surface area contributed by atoms with Crippen molar-refractivity contribution in [1.82, 2.24) is 19.7 Å². The molecule has 2 amide bonds. The number of piperidine rings is 1. The molecule has 1 atom stereocenters. The molecule has 0 radical (unpaired) electrons. The smallest absolute Gasteiger partial charge is 0.259 e. The average molecular weight is 450 g/mol. The summed E-state index contributed by atoms with van der Waals surface area (Å²) in [6.07, 6.45) is 3.97. The molecule has 9 heteroatoms. The molecule has 0 aliphatic carbocycles. The second-order valence-corrected chi connectivity index (χ2v) is 7.76. The Balaban J connectivity index is 1.41. The Labute approximate surface area is 192 Å². The van der Waals surface area contributed by atoms with Gasteiger partial charge in [-0.15, -0.1) is 0 Å². The van der Waals surface area contributed by atoms with Crippen LogP contribution in [0.5, 0.6) is 5.88 Å². The molecule has 0 unspecified atom stereocenters. The van der Waals surface area contributed by atoms with Gasteiger partial charge >= 0.3 is 0 Å². The van der Waals surface area contributed by atoms with E-state index in [2.05, 4.69) is 15.4 Å². The number of anilines is 1. The maximum Gasteiger partial charge on any atom is 0.259 e. The van der Waals surface area contributed by atoms with Gasteiger partial charge in [-0.1, -0.05) is 30.3 Å². The van der Waals surface area contributed by atoms with Gasteiger partial charge in [-0.05, 0) is 30.5 Å². The number of pyridine rings is 1. The molecule has 1 fully saturated rings. The lowest BCUT2D eigenvalue weighted by molar-refractivity contribution is -0.126. The summed E-state index contributed by atoms with van der Waals surface area (Å²) in [7, 11) is 3.02. The number of benzene rings is 1. The van der Waals surface area contributed by atoms with Crippen LogP contribution < -0.4 is 10.1 Å². The summed E-state index contributed by atoms with van der Waals surface area (Å²) in [5.41, 5.74) is 1.23. The van der Waals surface area contributed by atoms with Crippen molar-refractivity contribution in [3.05, 3.63) is 72.1 Å². The van der Waals surface area contributed by atoms with Crippen LogP contribution in [0.1, 0.15) is 40.9 Å². The summed E-state index contributed by atoms with van der Waals surface area (Å²) in [4.78, 5) is 31.7. The highest BCUT2D eigenvalue weighted by atomic mass is 16.5. The minimum Gasteiger partial charge on any atom is -0.480 e. The van der Waals surface area contributed by atoms with Crippen LogP contribution >= 0.6 is 0 Å². The predicted molar refractivity (Wildman–Crippen MR) is 122 cm³/mol. The second kappa shape index (κ2) is 10.3. The van der Waals surface area contributed by atoms with E-state index in [0.29, 0.717) is 43.2 Å². The number of nitrogens with one attached hydrogen (secondary N) is 1. The molecule has 1 aliphatic rings. The van der Waals surface area contributed by atoms with Crippen LogP contribution in [0.25, 0.3) is 0 Å². The Morgan fingerprint density at radius 1 is 1.03 bits per heavy atom. The molecule has 0 saturated carbocycles. The number of amides is 2. The summed E-state index contributed by atoms with van der Waals surface area (Å²) in [5, 5.41) is 7.38. The number of carbonyl (C=O) groups is 2. The van der Waals surface area contributed by atoms with E-state index in [1.807, 2.05) is 35.0 Å². The molecule has 1 saturated heterocycles. The number of methoxy groups -OCH3 is 2. The number of aromatic nitrogens is 3. The highest BCUT2D eigenvalue weighted by Crippen LogP contribution is 2.28. The fourth-order valence-corrected chi connectivity index (χ4v) is 4.12. The van der Waals surface area contributed by atoms with Crippen LogP contribution in [0.15, 0.2) is 60.9 Å². The van der Waals surface area contributed by atoms with Gasteiger partial charge in [0, 0.05) is 32.5 Å². The standard InChI is InChI=1S/C24H27N5O4/c1-32-21(17-7-4-3-5-8-17)22(30)27-20-10-14-26-29(20)18-11-15-28(16-12-18)24(31)19-9-6-13-25-23(19)33-2/h3-10,13-14,18,21H,11-12,15-16H2,1-2H3,(H,27,30)/t21-/m0/s1. The molecule has 4 rings (SSSR count). The molecule has 0 spiro atoms. The van der Waals surface area contributed by atoms with Gasteiger partial charge in [-0.2, -0.15) is 5.10 Å². The lowest BCUT2D eigenvalue weighted by Gasteiger charge is -2.33. The van der Waals surface area contributed by atoms with Gasteiger partial charge in [0.2, 0.25) is 5.88 Å². The molecule has 9 nitrogen and oxygen atoms in total. The number of nitrogens with zero attached hydrogens (tertiary/aromatic N) is 4. The quantitative estimate of drug-likeness (QED) is 0.595. The molecule has 3 aromatic rings. The molecular formula is C24H27N5O4. The zero-order valence-electron chi connectivity index (χ0n) is 18.7. The van der Waals surface area contributed by atoms with Crippen LogP contribution in [0.4, 0.5) is 5.82 Å². The first kappa shape index (κ1) is 22.5. The zero-order valence-corrected chi connectivity index (χ0v) is 18.7. The third-order valence-electron chi connectivity index (χ3n) is 5.79. The van der Waals surface area contributed by atoms with Crippen molar-refractivity contribution in [2.24, 2.45) is 0 Å². The Morgan fingerprint density at radius 2 is 1.79 bits per heavy atom. The van der Waals surface area contributed by atoms with E-state index in [-0.39, 0.29) is 17.9 Å². The third-order valence-corrected chi connectivity index (χ3v) is 5.79. The molecule has 3 heterocycles. The molecule has 2 aromatic heterocycles. The lowest BCUT2D eigenvalue weighted by atomic mass is 10.0. The van der Waals surface area contributed by atoms with Gasteiger partial charge in [0.25, 0.3) is 11.8 Å². The van der Waals surface area contributed by atoms with Crippen LogP contribution in [0, 0.1) is 0 Å². The molecule has 172 valence electrons. The van der Waals surface area contributed by atoms with Crippen LogP contribution in [-0.2, 0) is 9.53 Å². The van der Waals surface area contributed by atoms with Crippen LogP contribution in [0.2, 0.25) is 0 Å². The molecule has 1 aromatic carbocycles. The van der Waals surface area contributed by atoms with E-state index < -0.39 is 6.10 Å². The minimum absolute atomic E-state index is 0.0628. The first-order valence-corrected chi connectivity index (χ1v) is 10.8. The first-order chi connectivity index (χ1) is 16.1. The van der Waals surface area contributed by atoms with E-state index in [0.717, 1.165) is 5.56 Å². The topological polar surface area (TPSA) is 98.6 Å². The maximum absolute atomic E-state index is 12.9. The zero-order chi connectivity index (χ0) is 23.2. The largest absolute Gasteiger partial charge is 0.480 e. The highest BCUT2D eigenvalue weighted by Gasteiger charge is 2.29. The molecule has 1 N–H and O–H groups in total. The monoisotopic (exact) mass is 449 g/mol. The fraction of sp³-hybridized carbons (Fsp3) is 0.333. The SMILES string of the molecule is COc1ncccc1C(=O)N1CCC(n2nccc2NC(=O)[C@@H](OC)c2ccccc2)CC1. The number of likely N-dealkylation sites (tertiary alicyclic amines) is 1. The van der Waals surface area contributed by atoms with Crippen LogP contribution in [-0.4, -0.2) is 58.8 Å². The van der Waals surface area contributed by atoms with Gasteiger partial charge in [0.1, 0.15) is 11.4 Å². The van der Waals surface area contributed by atoms with Crippen molar-refractivity contribution in [1.29, 1.82) is 0 Å². The number of rotatable bonds is 7. The summed E-state index contributed by atoms with van der Waals surface area (Å²) in [6.45, 7) is 1.14. The molecule has 33 heavy (non-hydrogen) atoms. The van der Waals surface area contributed by atoms with Crippen molar-refractivity contribution in [2.45, 2.75) is 25.0 Å². The molecular weight excluding hydrogens is 422 g/mol. The summed E-state index contributed by atoms with van der Waals surface area (Å²) < 4.78 is 12.5. The third kappa shape index (κ3) is 4.88. The lowest BCUT2D eigenvalue weighted by Crippen LogP contribution is -2.39. The van der Waals surface area contributed by atoms with Gasteiger partial charge in [0.05, 0.1) is 19.3 Å². The normalized spacial score (nSPS) is 15.2. The number of ether oxygens (including phenoxy) is 2. The Morgan fingerprint density at radius 3 is 2.48 bits per heavy atom. The van der Waals surface area contributed by atoms with Crippen molar-refractivity contribution in [3.8, 4) is 5.88 Å². The molecule has 1 aliphatic heterocycles. The van der Waals surface area contributed by atoms with E-state index in [1.165, 1.54) is 14.2 Å². The summed E-state index contributed by atoms with van der Waals surface area (Å²) in [5.74, 6) is 0.574. The average Bonchev–Trinajstić information content (AvgIpc) is 3.32. The first-order valence-electron chi connectivity index (χ1n) is 10.8. The van der Waals surface area contributed by atoms with Gasteiger partial charge < -0.3 is 19.7 Å². The highest BCUT2D eigenvalue weighted by molar-refractivity contribution is 5.96. The molecule has 0 bridgehead atoms. The van der Waals surface area contributed by atoms with E-state index in [9.17, 15) is 9.59 Å². The Kier molecular flexibility index (Phi) is 6.99. The summed E-state index contributed by atoms with van der Waals surface area (Å²) >= 11 is 0. The van der Waals surface area contributed by atoms with Crippen molar-refractivity contribution in [2.75, 3.05) is 32.6 Å². The van der Waals surface area contributed by atoms with Crippen LogP contribution in [0.3, 0.4) is 0 Å². The minimum atomic E-state index is -0.719.